The number of benzene rings is 1. The van der Waals surface area contributed by atoms with Crippen LogP contribution in [0.15, 0.2) is 67.1 Å². The van der Waals surface area contributed by atoms with E-state index in [9.17, 15) is 5.11 Å². The molecule has 0 saturated carbocycles. The highest BCUT2D eigenvalue weighted by molar-refractivity contribution is 5.84. The number of aromatic amines is 1. The first kappa shape index (κ1) is 14.5. The van der Waals surface area contributed by atoms with Crippen LogP contribution in [0.1, 0.15) is 11.3 Å². The molecule has 0 aliphatic heterocycles. The largest absolute Gasteiger partial charge is 0.508 e. The van der Waals surface area contributed by atoms with Gasteiger partial charge in [0.2, 0.25) is 0 Å². The molecule has 24 heavy (non-hydrogen) atoms. The van der Waals surface area contributed by atoms with Gasteiger partial charge >= 0.3 is 0 Å². The lowest BCUT2D eigenvalue weighted by Gasteiger charge is -2.04. The molecule has 0 saturated heterocycles. The number of aromatic nitrogens is 3. The Morgan fingerprint density at radius 1 is 0.917 bits per heavy atom. The molecule has 0 bridgehead atoms. The van der Waals surface area contributed by atoms with Gasteiger partial charge < -0.3 is 10.1 Å². The normalized spacial score (nSPS) is 11.0. The van der Waals surface area contributed by atoms with Crippen molar-refractivity contribution >= 4 is 11.0 Å². The minimum atomic E-state index is 0.261. The summed E-state index contributed by atoms with van der Waals surface area (Å²) in [7, 11) is 0. The molecule has 4 heteroatoms. The molecule has 0 amide bonds. The second-order valence-corrected chi connectivity index (χ2v) is 5.81. The molecule has 0 aliphatic rings. The Labute approximate surface area is 139 Å². The van der Waals surface area contributed by atoms with Crippen LogP contribution in [0.2, 0.25) is 0 Å². The third kappa shape index (κ3) is 2.86. The number of rotatable bonds is 4. The van der Waals surface area contributed by atoms with E-state index in [0.29, 0.717) is 0 Å². The number of nitrogens with one attached hydrogen (secondary N) is 1. The van der Waals surface area contributed by atoms with E-state index in [2.05, 4.69) is 21.0 Å². The number of pyridine rings is 2. The number of fused-ring (bicyclic) bond motifs is 1. The zero-order valence-electron chi connectivity index (χ0n) is 13.1. The summed E-state index contributed by atoms with van der Waals surface area (Å²) in [4.78, 5) is 12.1. The van der Waals surface area contributed by atoms with Crippen LogP contribution in [-0.2, 0) is 12.8 Å². The van der Waals surface area contributed by atoms with E-state index in [1.807, 2.05) is 48.9 Å². The SMILES string of the molecule is Oc1cccc(-c2cnc3[nH]cc(CCc4ccccn4)c3c2)c1. The lowest BCUT2D eigenvalue weighted by Crippen LogP contribution is -1.93. The Morgan fingerprint density at radius 3 is 2.71 bits per heavy atom. The maximum absolute atomic E-state index is 9.68. The molecule has 4 rings (SSSR count). The molecule has 0 spiro atoms. The smallest absolute Gasteiger partial charge is 0.137 e. The van der Waals surface area contributed by atoms with E-state index in [1.54, 1.807) is 12.1 Å². The number of hydrogen-bond donors (Lipinski definition) is 2. The molecule has 0 atom stereocenters. The summed E-state index contributed by atoms with van der Waals surface area (Å²) in [6, 6.07) is 15.4. The number of nitrogens with zero attached hydrogens (tertiary/aromatic N) is 2. The van der Waals surface area contributed by atoms with Gasteiger partial charge in [0.25, 0.3) is 0 Å². The van der Waals surface area contributed by atoms with E-state index < -0.39 is 0 Å². The standard InChI is InChI=1S/C20H17N3O/c24-18-6-3-4-14(10-18)16-11-19-15(12-22-20(19)23-13-16)7-8-17-5-1-2-9-21-17/h1-6,9-13,24H,7-8H2,(H,22,23). The van der Waals surface area contributed by atoms with Crippen LogP contribution in [0, 0.1) is 0 Å². The van der Waals surface area contributed by atoms with E-state index in [-0.39, 0.29) is 5.75 Å². The van der Waals surface area contributed by atoms with Crippen molar-refractivity contribution in [2.24, 2.45) is 0 Å². The van der Waals surface area contributed by atoms with Crippen molar-refractivity contribution < 1.29 is 5.11 Å². The first-order valence-electron chi connectivity index (χ1n) is 7.95. The lowest BCUT2D eigenvalue weighted by atomic mass is 10.0. The van der Waals surface area contributed by atoms with Crippen LogP contribution in [0.4, 0.5) is 0 Å². The van der Waals surface area contributed by atoms with Crippen LogP contribution in [0.5, 0.6) is 5.75 Å². The number of phenols is 1. The molecule has 118 valence electrons. The second-order valence-electron chi connectivity index (χ2n) is 5.81. The molecule has 0 radical (unpaired) electrons. The highest BCUT2D eigenvalue weighted by Crippen LogP contribution is 2.27. The van der Waals surface area contributed by atoms with Crippen molar-refractivity contribution in [1.82, 2.24) is 15.0 Å². The highest BCUT2D eigenvalue weighted by Gasteiger charge is 2.08. The van der Waals surface area contributed by atoms with Crippen molar-refractivity contribution in [3.8, 4) is 16.9 Å². The molecule has 0 unspecified atom stereocenters. The molecule has 4 nitrogen and oxygen atoms in total. The molecule has 3 aromatic heterocycles. The van der Waals surface area contributed by atoms with Gasteiger partial charge in [-0.2, -0.15) is 0 Å². The predicted octanol–water partition coefficient (Wildman–Crippen LogP) is 4.12. The average molecular weight is 315 g/mol. The van der Waals surface area contributed by atoms with Crippen molar-refractivity contribution in [3.63, 3.8) is 0 Å². The number of aryl methyl sites for hydroxylation is 2. The quantitative estimate of drug-likeness (QED) is 0.595. The Morgan fingerprint density at radius 2 is 1.88 bits per heavy atom. The maximum atomic E-state index is 9.68. The molecular formula is C20H17N3O. The molecular weight excluding hydrogens is 298 g/mol. The van der Waals surface area contributed by atoms with Gasteiger partial charge in [0.05, 0.1) is 0 Å². The first-order chi connectivity index (χ1) is 11.8. The molecule has 4 aromatic rings. The number of hydrogen-bond acceptors (Lipinski definition) is 3. The molecule has 3 heterocycles. The third-order valence-electron chi connectivity index (χ3n) is 4.17. The van der Waals surface area contributed by atoms with Gasteiger partial charge in [0.15, 0.2) is 0 Å². The van der Waals surface area contributed by atoms with Crippen molar-refractivity contribution in [3.05, 3.63) is 78.4 Å². The van der Waals surface area contributed by atoms with Gasteiger partial charge in [0, 0.05) is 35.2 Å². The Balaban J connectivity index is 1.66. The summed E-state index contributed by atoms with van der Waals surface area (Å²) in [5.41, 5.74) is 5.15. The van der Waals surface area contributed by atoms with Crippen LogP contribution >= 0.6 is 0 Å². The zero-order valence-corrected chi connectivity index (χ0v) is 13.1. The van der Waals surface area contributed by atoms with E-state index >= 15 is 0 Å². The predicted molar refractivity (Wildman–Crippen MR) is 94.8 cm³/mol. The minimum Gasteiger partial charge on any atom is -0.508 e. The van der Waals surface area contributed by atoms with Gasteiger partial charge in [-0.1, -0.05) is 18.2 Å². The monoisotopic (exact) mass is 315 g/mol. The average Bonchev–Trinajstić information content (AvgIpc) is 3.03. The molecule has 2 N–H and O–H groups in total. The number of aromatic hydroxyl groups is 1. The third-order valence-corrected chi connectivity index (χ3v) is 4.17. The first-order valence-corrected chi connectivity index (χ1v) is 7.95. The molecule has 1 aromatic carbocycles. The lowest BCUT2D eigenvalue weighted by molar-refractivity contribution is 0.475. The maximum Gasteiger partial charge on any atom is 0.137 e. The van der Waals surface area contributed by atoms with Gasteiger partial charge in [-0.15, -0.1) is 0 Å². The molecule has 0 fully saturated rings. The van der Waals surface area contributed by atoms with Gasteiger partial charge in [0.1, 0.15) is 11.4 Å². The van der Waals surface area contributed by atoms with E-state index in [0.717, 1.165) is 40.7 Å². The summed E-state index contributed by atoms with van der Waals surface area (Å²) in [6.07, 6.45) is 7.47. The van der Waals surface area contributed by atoms with Crippen molar-refractivity contribution in [1.29, 1.82) is 0 Å². The van der Waals surface area contributed by atoms with Gasteiger partial charge in [-0.3, -0.25) is 4.98 Å². The summed E-state index contributed by atoms with van der Waals surface area (Å²) in [5, 5.41) is 10.8. The summed E-state index contributed by atoms with van der Waals surface area (Å²) >= 11 is 0. The number of H-pyrrole nitrogens is 1. The summed E-state index contributed by atoms with van der Waals surface area (Å²) in [5.74, 6) is 0.261. The van der Waals surface area contributed by atoms with E-state index in [1.165, 1.54) is 5.56 Å². The Bertz CT molecular complexity index is 977. The fourth-order valence-corrected chi connectivity index (χ4v) is 2.92. The van der Waals surface area contributed by atoms with Crippen LogP contribution in [-0.4, -0.2) is 20.1 Å². The van der Waals surface area contributed by atoms with Crippen LogP contribution in [0.25, 0.3) is 22.2 Å². The van der Waals surface area contributed by atoms with Crippen molar-refractivity contribution in [2.75, 3.05) is 0 Å². The van der Waals surface area contributed by atoms with E-state index in [4.69, 9.17) is 0 Å². The second kappa shape index (κ2) is 6.16. The van der Waals surface area contributed by atoms with Gasteiger partial charge in [-0.05, 0) is 54.3 Å². The summed E-state index contributed by atoms with van der Waals surface area (Å²) in [6.45, 7) is 0. The fourth-order valence-electron chi connectivity index (χ4n) is 2.92. The Kier molecular flexibility index (Phi) is 3.71. The topological polar surface area (TPSA) is 61.8 Å². The van der Waals surface area contributed by atoms with Crippen LogP contribution < -0.4 is 0 Å². The highest BCUT2D eigenvalue weighted by atomic mass is 16.3. The van der Waals surface area contributed by atoms with Crippen molar-refractivity contribution in [2.45, 2.75) is 12.8 Å². The fraction of sp³-hybridized carbons (Fsp3) is 0.100. The number of phenolic OH excluding ortho intramolecular Hbond substituents is 1. The zero-order chi connectivity index (χ0) is 16.4. The molecule has 0 aliphatic carbocycles. The Hall–Kier alpha value is -3.14. The van der Waals surface area contributed by atoms with Crippen LogP contribution in [0.3, 0.4) is 0 Å². The van der Waals surface area contributed by atoms with Gasteiger partial charge in [-0.25, -0.2) is 4.98 Å². The minimum absolute atomic E-state index is 0.261. The summed E-state index contributed by atoms with van der Waals surface area (Å²) < 4.78 is 0.